The normalized spacial score (nSPS) is 11.0. The minimum Gasteiger partial charge on any atom is -0.491 e. The van der Waals surface area contributed by atoms with E-state index < -0.39 is 0 Å². The van der Waals surface area contributed by atoms with Gasteiger partial charge >= 0.3 is 0 Å². The fourth-order valence-corrected chi connectivity index (χ4v) is 2.93. The number of amides is 1. The maximum atomic E-state index is 12.1. The van der Waals surface area contributed by atoms with E-state index in [9.17, 15) is 4.79 Å². The Balaban J connectivity index is 1.79. The molecule has 0 saturated heterocycles. The van der Waals surface area contributed by atoms with Crippen molar-refractivity contribution in [2.24, 2.45) is 13.0 Å². The second kappa shape index (κ2) is 8.58. The molecule has 2 aromatic heterocycles. The van der Waals surface area contributed by atoms with E-state index in [1.165, 1.54) is 0 Å². The molecule has 6 heteroatoms. The van der Waals surface area contributed by atoms with Crippen molar-refractivity contribution in [3.63, 3.8) is 0 Å². The molecule has 0 aliphatic rings. The molecule has 1 N–H and O–H groups in total. The fraction of sp³-hybridized carbons (Fsp3) is 0.333. The van der Waals surface area contributed by atoms with Crippen LogP contribution in [-0.2, 0) is 18.4 Å². The van der Waals surface area contributed by atoms with Crippen molar-refractivity contribution in [2.45, 2.75) is 26.8 Å². The Morgan fingerprint density at radius 3 is 2.67 bits per heavy atom. The molecule has 0 bridgehead atoms. The first-order valence-corrected chi connectivity index (χ1v) is 9.19. The zero-order valence-corrected chi connectivity index (χ0v) is 16.1. The number of nitrogens with zero attached hydrogens (tertiary/aromatic N) is 3. The summed E-state index contributed by atoms with van der Waals surface area (Å²) in [6.07, 6.45) is 6.27. The first-order valence-electron chi connectivity index (χ1n) is 9.19. The Morgan fingerprint density at radius 2 is 2.00 bits per heavy atom. The first kappa shape index (κ1) is 18.8. The lowest BCUT2D eigenvalue weighted by molar-refractivity contribution is -0.116. The summed E-state index contributed by atoms with van der Waals surface area (Å²) in [5, 5.41) is 7.23. The van der Waals surface area contributed by atoms with Crippen molar-refractivity contribution >= 4 is 11.6 Å². The van der Waals surface area contributed by atoms with Crippen LogP contribution in [0.15, 0.2) is 55.0 Å². The predicted octanol–water partition coefficient (Wildman–Crippen LogP) is 3.95. The molecule has 0 aliphatic carbocycles. The Kier molecular flexibility index (Phi) is 5.96. The van der Waals surface area contributed by atoms with Gasteiger partial charge in [-0.15, -0.1) is 0 Å². The van der Waals surface area contributed by atoms with E-state index in [0.717, 1.165) is 29.2 Å². The topological polar surface area (TPSA) is 61.1 Å². The molecule has 3 rings (SSSR count). The van der Waals surface area contributed by atoms with Gasteiger partial charge in [-0.25, -0.2) is 0 Å². The van der Waals surface area contributed by atoms with Gasteiger partial charge in [-0.2, -0.15) is 5.10 Å². The smallest absolute Gasteiger partial charge is 0.224 e. The van der Waals surface area contributed by atoms with E-state index in [4.69, 9.17) is 4.74 Å². The number of hydrogen-bond acceptors (Lipinski definition) is 3. The first-order chi connectivity index (χ1) is 13.0. The number of ether oxygens (including phenoxy) is 1. The van der Waals surface area contributed by atoms with Gasteiger partial charge in [0.15, 0.2) is 0 Å². The van der Waals surface area contributed by atoms with Crippen molar-refractivity contribution in [1.29, 1.82) is 0 Å². The molecule has 6 nitrogen and oxygen atoms in total. The van der Waals surface area contributed by atoms with Crippen LogP contribution in [0.5, 0.6) is 5.75 Å². The number of aromatic nitrogens is 3. The highest BCUT2D eigenvalue weighted by molar-refractivity contribution is 5.92. The largest absolute Gasteiger partial charge is 0.491 e. The SMILES string of the molecule is CC(C)CC(=O)Nc1ccc(OCCn2cccc2)c(-c2ccnn2C)c1. The van der Waals surface area contributed by atoms with Crippen molar-refractivity contribution in [2.75, 3.05) is 11.9 Å². The van der Waals surface area contributed by atoms with Gasteiger partial charge in [0.2, 0.25) is 5.91 Å². The van der Waals surface area contributed by atoms with Gasteiger partial charge in [-0.1, -0.05) is 13.8 Å². The summed E-state index contributed by atoms with van der Waals surface area (Å²) in [4.78, 5) is 12.1. The lowest BCUT2D eigenvalue weighted by atomic mass is 10.1. The lowest BCUT2D eigenvalue weighted by Crippen LogP contribution is -2.14. The van der Waals surface area contributed by atoms with Crippen LogP contribution >= 0.6 is 0 Å². The van der Waals surface area contributed by atoms with Gasteiger partial charge in [0.1, 0.15) is 12.4 Å². The number of aryl methyl sites for hydroxylation is 1. The van der Waals surface area contributed by atoms with E-state index >= 15 is 0 Å². The molecule has 0 spiro atoms. The number of carbonyl (C=O) groups is 1. The minimum atomic E-state index is 0.0160. The average molecular weight is 366 g/mol. The highest BCUT2D eigenvalue weighted by Crippen LogP contribution is 2.32. The number of carbonyl (C=O) groups excluding carboxylic acids is 1. The summed E-state index contributed by atoms with van der Waals surface area (Å²) in [6, 6.07) is 11.7. The second-order valence-corrected chi connectivity index (χ2v) is 6.97. The number of anilines is 1. The summed E-state index contributed by atoms with van der Waals surface area (Å²) in [7, 11) is 1.89. The molecule has 27 heavy (non-hydrogen) atoms. The maximum Gasteiger partial charge on any atom is 0.224 e. The molecule has 0 aliphatic heterocycles. The monoisotopic (exact) mass is 366 g/mol. The Morgan fingerprint density at radius 1 is 1.22 bits per heavy atom. The summed E-state index contributed by atoms with van der Waals surface area (Å²) >= 11 is 0. The molecule has 0 fully saturated rings. The van der Waals surface area contributed by atoms with Gasteiger partial charge in [-0.05, 0) is 42.3 Å². The van der Waals surface area contributed by atoms with Crippen LogP contribution in [0.3, 0.4) is 0 Å². The third-order valence-corrected chi connectivity index (χ3v) is 4.23. The van der Waals surface area contributed by atoms with E-state index in [-0.39, 0.29) is 5.91 Å². The van der Waals surface area contributed by atoms with Crippen LogP contribution in [0.2, 0.25) is 0 Å². The number of nitrogens with one attached hydrogen (secondary N) is 1. The summed E-state index contributed by atoms with van der Waals surface area (Å²) in [5.74, 6) is 1.10. The number of rotatable bonds is 8. The summed E-state index contributed by atoms with van der Waals surface area (Å²) in [5.41, 5.74) is 2.60. The third kappa shape index (κ3) is 5.00. The lowest BCUT2D eigenvalue weighted by Gasteiger charge is -2.15. The molecular formula is C21H26N4O2. The van der Waals surface area contributed by atoms with Crippen molar-refractivity contribution < 1.29 is 9.53 Å². The van der Waals surface area contributed by atoms with E-state index in [1.807, 2.05) is 69.7 Å². The highest BCUT2D eigenvalue weighted by Gasteiger charge is 2.13. The molecule has 3 aromatic rings. The van der Waals surface area contributed by atoms with Crippen LogP contribution in [0.4, 0.5) is 5.69 Å². The zero-order valence-electron chi connectivity index (χ0n) is 16.1. The number of benzene rings is 1. The van der Waals surface area contributed by atoms with Crippen LogP contribution in [0.25, 0.3) is 11.3 Å². The molecule has 142 valence electrons. The molecule has 1 amide bonds. The molecule has 0 unspecified atom stereocenters. The van der Waals surface area contributed by atoms with Crippen LogP contribution in [0, 0.1) is 5.92 Å². The van der Waals surface area contributed by atoms with Crippen LogP contribution < -0.4 is 10.1 Å². The molecule has 1 aromatic carbocycles. The van der Waals surface area contributed by atoms with E-state index in [0.29, 0.717) is 18.9 Å². The van der Waals surface area contributed by atoms with Crippen LogP contribution in [-0.4, -0.2) is 26.9 Å². The Bertz CT molecular complexity index is 881. The Hall–Kier alpha value is -3.02. The standard InChI is InChI=1S/C21H26N4O2/c1-16(2)14-21(26)23-17-6-7-20(27-13-12-25-10-4-5-11-25)18(15-17)19-8-9-22-24(19)3/h4-11,15-16H,12-14H2,1-3H3,(H,23,26). The predicted molar refractivity (Wildman–Crippen MR) is 107 cm³/mol. The van der Waals surface area contributed by atoms with Gasteiger partial charge in [0.05, 0.1) is 12.2 Å². The summed E-state index contributed by atoms with van der Waals surface area (Å²) < 4.78 is 9.91. The molecule has 0 radical (unpaired) electrons. The molecule has 0 saturated carbocycles. The van der Waals surface area contributed by atoms with Gasteiger partial charge in [0.25, 0.3) is 0 Å². The summed E-state index contributed by atoms with van der Waals surface area (Å²) in [6.45, 7) is 5.38. The zero-order chi connectivity index (χ0) is 19.2. The van der Waals surface area contributed by atoms with E-state index in [2.05, 4.69) is 15.0 Å². The van der Waals surface area contributed by atoms with Gasteiger partial charge in [0, 0.05) is 43.3 Å². The quantitative estimate of drug-likeness (QED) is 0.657. The highest BCUT2D eigenvalue weighted by atomic mass is 16.5. The van der Waals surface area contributed by atoms with E-state index in [1.54, 1.807) is 10.9 Å². The van der Waals surface area contributed by atoms with Gasteiger partial charge < -0.3 is 14.6 Å². The third-order valence-electron chi connectivity index (χ3n) is 4.23. The van der Waals surface area contributed by atoms with Crippen molar-refractivity contribution in [3.05, 3.63) is 55.0 Å². The second-order valence-electron chi connectivity index (χ2n) is 6.97. The van der Waals surface area contributed by atoms with Crippen molar-refractivity contribution in [1.82, 2.24) is 14.3 Å². The minimum absolute atomic E-state index is 0.0160. The van der Waals surface area contributed by atoms with Gasteiger partial charge in [-0.3, -0.25) is 9.48 Å². The molecule has 2 heterocycles. The van der Waals surface area contributed by atoms with Crippen molar-refractivity contribution in [3.8, 4) is 17.0 Å². The number of hydrogen-bond donors (Lipinski definition) is 1. The average Bonchev–Trinajstić information content (AvgIpc) is 3.27. The molecular weight excluding hydrogens is 340 g/mol. The Labute approximate surface area is 159 Å². The van der Waals surface area contributed by atoms with Crippen LogP contribution in [0.1, 0.15) is 20.3 Å². The maximum absolute atomic E-state index is 12.1. The fourth-order valence-electron chi connectivity index (χ4n) is 2.93. The molecule has 0 atom stereocenters.